The van der Waals surface area contributed by atoms with Gasteiger partial charge in [-0.2, -0.15) is 0 Å². The van der Waals surface area contributed by atoms with Crippen LogP contribution in [-0.4, -0.2) is 5.71 Å². The number of allylic oxidation sites excluding steroid dienone is 13. The molecule has 0 aliphatic heterocycles. The molecule has 2 aliphatic rings. The third-order valence-corrected chi connectivity index (χ3v) is 20.5. The Labute approximate surface area is 542 Å². The summed E-state index contributed by atoms with van der Waals surface area (Å²) in [6.45, 7) is 47.4. The second kappa shape index (κ2) is 33.7. The number of nitrogens with zero attached hydrogens (tertiary/aromatic N) is 1. The van der Waals surface area contributed by atoms with Crippen LogP contribution in [0.25, 0.3) is 33.4 Å². The fraction of sp³-hybridized carbons (Fsp3) is 0.552. The van der Waals surface area contributed by atoms with E-state index in [2.05, 4.69) is 240 Å². The van der Waals surface area contributed by atoms with Gasteiger partial charge < -0.3 is 0 Å². The van der Waals surface area contributed by atoms with Gasteiger partial charge in [-0.25, -0.2) is 4.99 Å². The lowest BCUT2D eigenvalue weighted by molar-refractivity contribution is 0.373. The van der Waals surface area contributed by atoms with Crippen LogP contribution in [0.1, 0.15) is 328 Å². The molecule has 0 saturated heterocycles. The van der Waals surface area contributed by atoms with Crippen molar-refractivity contribution in [3.63, 3.8) is 0 Å². The fourth-order valence-corrected chi connectivity index (χ4v) is 13.7. The molecule has 2 unspecified atom stereocenters. The zero-order valence-corrected chi connectivity index (χ0v) is 59.7. The first-order valence-corrected chi connectivity index (χ1v) is 36.0. The van der Waals surface area contributed by atoms with Gasteiger partial charge in [-0.1, -0.05) is 334 Å². The molecule has 0 fully saturated rings. The van der Waals surface area contributed by atoms with Crippen LogP contribution >= 0.6 is 0 Å². The molecule has 4 aromatic carbocycles. The lowest BCUT2D eigenvalue weighted by atomic mass is 9.69. The van der Waals surface area contributed by atoms with Crippen molar-refractivity contribution in [2.75, 3.05) is 0 Å². The molecule has 88 heavy (non-hydrogen) atoms. The summed E-state index contributed by atoms with van der Waals surface area (Å²) >= 11 is 0. The van der Waals surface area contributed by atoms with Gasteiger partial charge in [0.25, 0.3) is 0 Å². The van der Waals surface area contributed by atoms with Crippen molar-refractivity contribution >= 4 is 33.7 Å². The Morgan fingerprint density at radius 2 is 1.11 bits per heavy atom. The molecule has 0 radical (unpaired) electrons. The number of unbranched alkanes of at least 4 members (excludes halogenated alkanes) is 14. The quantitative estimate of drug-likeness (QED) is 0.0251. The first-order chi connectivity index (χ1) is 42.0. The summed E-state index contributed by atoms with van der Waals surface area (Å²) in [6, 6.07) is 29.3. The molecule has 1 heteroatoms. The standard InChI is InChI=1S/C87H125N/c1-20-25-29-31-33-37-57-87(58-38-34-32-30-26-21-2)79-61-72(47-50-76(79)77-51-48-73(62-80(77)87)85(16,17)18)65(9)40-41-66(10)75-52-53-78(74(64(8)24-5)49-42-67(11)84(13,14)15)81(63(6)7)83(75)88-82(71-54-59-86(19,60-55-71)56-36-28-23-4)68(12)70-45-43-69(44-46-70)39-35-27-22-3/h40-55,59,61-64H,12,20-39,56-58,60H2,1-11,13-19H3/b65-40+,66-41+,67-42+,74-49+,88-82?. The van der Waals surface area contributed by atoms with E-state index in [1.54, 1.807) is 11.1 Å². The second-order valence-electron chi connectivity index (χ2n) is 30.1. The SMILES string of the molecule is C=C(C(=Nc1c(/C(C)=C/C=C(\C)c2ccc3c(c2)C(CCCCCCCC)(CCCCCCCC)c2cc(C(C)(C)C)ccc2-3)ccc(/C(=C/C=C(\C)C(C)(C)C)C(C)CC)c1C(C)C)C1=CCC(C)(CCCCC)C=C1)c1ccc(CCCCC)cc1. The molecule has 0 N–H and O–H groups in total. The lowest BCUT2D eigenvalue weighted by Crippen LogP contribution is -2.26. The highest BCUT2D eigenvalue weighted by Gasteiger charge is 2.43. The Hall–Kier alpha value is -5.27. The lowest BCUT2D eigenvalue weighted by Gasteiger charge is -2.34. The van der Waals surface area contributed by atoms with E-state index in [4.69, 9.17) is 11.6 Å². The van der Waals surface area contributed by atoms with E-state index in [-0.39, 0.29) is 27.6 Å². The molecule has 0 aromatic heterocycles. The number of aliphatic imine (C=N–C) groups is 1. The Bertz CT molecular complexity index is 3110. The summed E-state index contributed by atoms with van der Waals surface area (Å²) in [4.78, 5) is 6.13. The monoisotopic (exact) mass is 1180 g/mol. The number of benzene rings is 4. The molecule has 1 nitrogen and oxygen atoms in total. The summed E-state index contributed by atoms with van der Waals surface area (Å²) in [5, 5.41) is 0. The maximum Gasteiger partial charge on any atom is 0.0778 e. The van der Waals surface area contributed by atoms with E-state index < -0.39 is 0 Å². The minimum Gasteiger partial charge on any atom is -0.247 e. The van der Waals surface area contributed by atoms with Crippen LogP contribution in [0, 0.1) is 16.7 Å². The fourth-order valence-electron chi connectivity index (χ4n) is 13.7. The molecular weight excluding hydrogens is 1060 g/mol. The molecule has 2 aliphatic carbocycles. The zero-order valence-electron chi connectivity index (χ0n) is 59.7. The maximum absolute atomic E-state index is 6.13. The Morgan fingerprint density at radius 3 is 1.68 bits per heavy atom. The normalized spacial score (nSPS) is 17.0. The van der Waals surface area contributed by atoms with E-state index in [0.29, 0.717) is 5.92 Å². The van der Waals surface area contributed by atoms with Gasteiger partial charge in [0.1, 0.15) is 0 Å². The van der Waals surface area contributed by atoms with Crippen molar-refractivity contribution in [2.45, 2.75) is 295 Å². The molecule has 2 atom stereocenters. The average Bonchev–Trinajstić information content (AvgIpc) is 1.97. The Balaban J connectivity index is 1.58. The smallest absolute Gasteiger partial charge is 0.0778 e. The first-order valence-electron chi connectivity index (χ1n) is 36.0. The maximum atomic E-state index is 6.13. The Morgan fingerprint density at radius 1 is 0.580 bits per heavy atom. The van der Waals surface area contributed by atoms with Crippen molar-refractivity contribution in [1.29, 1.82) is 0 Å². The van der Waals surface area contributed by atoms with E-state index in [1.807, 2.05) is 0 Å². The number of aryl methyl sites for hydroxylation is 1. The summed E-state index contributed by atoms with van der Waals surface area (Å²) in [5.74, 6) is 0.540. The van der Waals surface area contributed by atoms with Gasteiger partial charge in [0.15, 0.2) is 0 Å². The van der Waals surface area contributed by atoms with E-state index >= 15 is 0 Å². The van der Waals surface area contributed by atoms with Crippen LogP contribution in [0.2, 0.25) is 0 Å². The third kappa shape index (κ3) is 18.9. The highest BCUT2D eigenvalue weighted by molar-refractivity contribution is 6.33. The van der Waals surface area contributed by atoms with Crippen molar-refractivity contribution in [3.8, 4) is 11.1 Å². The summed E-state index contributed by atoms with van der Waals surface area (Å²) in [5.41, 5.74) is 24.9. The number of fused-ring (bicyclic) bond motifs is 3. The van der Waals surface area contributed by atoms with Crippen LogP contribution in [0.5, 0.6) is 0 Å². The molecule has 6 rings (SSSR count). The largest absolute Gasteiger partial charge is 0.247 e. The molecular formula is C87H125N. The molecule has 0 bridgehead atoms. The molecule has 0 spiro atoms. The van der Waals surface area contributed by atoms with E-state index in [9.17, 15) is 0 Å². The van der Waals surface area contributed by atoms with Crippen molar-refractivity contribution in [2.24, 2.45) is 21.7 Å². The topological polar surface area (TPSA) is 12.4 Å². The second-order valence-corrected chi connectivity index (χ2v) is 30.1. The van der Waals surface area contributed by atoms with Crippen molar-refractivity contribution in [3.05, 3.63) is 183 Å². The van der Waals surface area contributed by atoms with Gasteiger partial charge in [0, 0.05) is 16.6 Å². The molecule has 0 heterocycles. The molecule has 4 aromatic rings. The molecule has 0 amide bonds. The van der Waals surface area contributed by atoms with Gasteiger partial charge >= 0.3 is 0 Å². The van der Waals surface area contributed by atoms with Crippen LogP contribution in [0.15, 0.2) is 138 Å². The predicted octanol–water partition coefficient (Wildman–Crippen LogP) is 27.8. The summed E-state index contributed by atoms with van der Waals surface area (Å²) < 4.78 is 0. The van der Waals surface area contributed by atoms with Gasteiger partial charge in [0.2, 0.25) is 0 Å². The van der Waals surface area contributed by atoms with Gasteiger partial charge in [0.05, 0.1) is 11.4 Å². The minimum absolute atomic E-state index is 0.00418. The van der Waals surface area contributed by atoms with Crippen LogP contribution < -0.4 is 0 Å². The van der Waals surface area contributed by atoms with E-state index in [0.717, 1.165) is 41.8 Å². The Kier molecular flexibility index (Phi) is 27.5. The third-order valence-electron chi connectivity index (χ3n) is 20.5. The molecule has 478 valence electrons. The van der Waals surface area contributed by atoms with Crippen LogP contribution in [0.3, 0.4) is 0 Å². The minimum atomic E-state index is 0.00418. The first kappa shape index (κ1) is 71.8. The van der Waals surface area contributed by atoms with Gasteiger partial charge in [-0.3, -0.25) is 0 Å². The molecule has 0 saturated carbocycles. The summed E-state index contributed by atoms with van der Waals surface area (Å²) in [6.07, 6.45) is 47.1. The summed E-state index contributed by atoms with van der Waals surface area (Å²) in [7, 11) is 0. The highest BCUT2D eigenvalue weighted by Crippen LogP contribution is 2.56. The van der Waals surface area contributed by atoms with Crippen LogP contribution in [-0.2, 0) is 17.3 Å². The average molecular weight is 1180 g/mol. The van der Waals surface area contributed by atoms with Gasteiger partial charge in [-0.05, 0) is 178 Å². The van der Waals surface area contributed by atoms with Gasteiger partial charge in [-0.15, -0.1) is 0 Å². The number of hydrogen-bond acceptors (Lipinski definition) is 1. The van der Waals surface area contributed by atoms with Crippen LogP contribution in [0.4, 0.5) is 5.69 Å². The number of hydrogen-bond donors (Lipinski definition) is 0. The zero-order chi connectivity index (χ0) is 64.2. The van der Waals surface area contributed by atoms with Crippen molar-refractivity contribution < 1.29 is 0 Å². The van der Waals surface area contributed by atoms with E-state index in [1.165, 1.54) is 207 Å². The predicted molar refractivity (Wildman–Crippen MR) is 396 cm³/mol. The van der Waals surface area contributed by atoms with Crippen molar-refractivity contribution in [1.82, 2.24) is 0 Å². The number of rotatable bonds is 34. The highest BCUT2D eigenvalue weighted by atomic mass is 14.8.